The average molecular weight is 288 g/mol. The van der Waals surface area contributed by atoms with Crippen molar-refractivity contribution >= 4 is 0 Å². The molecule has 3 aromatic rings. The van der Waals surface area contributed by atoms with Gasteiger partial charge in [0.25, 0.3) is 0 Å². The fourth-order valence-electron chi connectivity index (χ4n) is 2.81. The molecule has 0 atom stereocenters. The van der Waals surface area contributed by atoms with Crippen molar-refractivity contribution in [1.29, 1.82) is 0 Å². The Kier molecular flexibility index (Phi) is 3.11. The maximum atomic E-state index is 6.03. The van der Waals surface area contributed by atoms with E-state index in [0.29, 0.717) is 5.88 Å². The van der Waals surface area contributed by atoms with E-state index >= 15 is 0 Å². The first-order valence-corrected chi connectivity index (χ1v) is 7.49. The van der Waals surface area contributed by atoms with E-state index in [-0.39, 0.29) is 0 Å². The molecule has 0 spiro atoms. The topological polar surface area (TPSA) is 35.0 Å². The van der Waals surface area contributed by atoms with E-state index in [2.05, 4.69) is 30.1 Å². The van der Waals surface area contributed by atoms with Gasteiger partial charge in [0.05, 0.1) is 11.9 Å². The molecule has 4 rings (SSSR count). The number of para-hydroxylation sites is 1. The van der Waals surface area contributed by atoms with E-state index < -0.39 is 0 Å². The molecule has 0 fully saturated rings. The van der Waals surface area contributed by atoms with Crippen LogP contribution in [0.15, 0.2) is 54.7 Å². The smallest absolute Gasteiger partial charge is 0.241 e. The average Bonchev–Trinajstić information content (AvgIpc) is 2.73. The highest BCUT2D eigenvalue weighted by atomic mass is 16.5. The highest BCUT2D eigenvalue weighted by Crippen LogP contribution is 2.33. The minimum Gasteiger partial charge on any atom is -0.437 e. The summed E-state index contributed by atoms with van der Waals surface area (Å²) in [6.07, 6.45) is 3.63. The Hall–Kier alpha value is -2.68. The molecular formula is C19H16N2O. The molecular weight excluding hydrogens is 272 g/mol. The van der Waals surface area contributed by atoms with E-state index in [1.165, 1.54) is 11.1 Å². The summed E-state index contributed by atoms with van der Waals surface area (Å²) in [5.41, 5.74) is 5.27. The second kappa shape index (κ2) is 5.26. The van der Waals surface area contributed by atoms with Gasteiger partial charge in [-0.2, -0.15) is 0 Å². The van der Waals surface area contributed by atoms with Gasteiger partial charge in [0.15, 0.2) is 0 Å². The summed E-state index contributed by atoms with van der Waals surface area (Å²) in [5, 5.41) is 0. The van der Waals surface area contributed by atoms with Crippen LogP contribution in [0.4, 0.5) is 0 Å². The van der Waals surface area contributed by atoms with Gasteiger partial charge in [0.1, 0.15) is 11.4 Å². The largest absolute Gasteiger partial charge is 0.437 e. The van der Waals surface area contributed by atoms with E-state index in [4.69, 9.17) is 9.72 Å². The zero-order chi connectivity index (χ0) is 14.9. The van der Waals surface area contributed by atoms with Crippen LogP contribution in [-0.4, -0.2) is 9.97 Å². The van der Waals surface area contributed by atoms with E-state index in [1.54, 1.807) is 0 Å². The van der Waals surface area contributed by atoms with Gasteiger partial charge in [0.2, 0.25) is 5.88 Å². The van der Waals surface area contributed by atoms with Crippen LogP contribution in [0.5, 0.6) is 11.6 Å². The molecule has 0 aliphatic carbocycles. The molecule has 2 aromatic carbocycles. The van der Waals surface area contributed by atoms with Gasteiger partial charge in [-0.1, -0.05) is 42.5 Å². The van der Waals surface area contributed by atoms with Gasteiger partial charge < -0.3 is 4.74 Å². The number of hydrogen-bond acceptors (Lipinski definition) is 3. The van der Waals surface area contributed by atoms with Crippen LogP contribution in [0.3, 0.4) is 0 Å². The molecule has 0 saturated carbocycles. The van der Waals surface area contributed by atoms with Gasteiger partial charge >= 0.3 is 0 Å². The molecule has 0 bridgehead atoms. The molecule has 108 valence electrons. The van der Waals surface area contributed by atoms with Crippen molar-refractivity contribution in [3.63, 3.8) is 0 Å². The lowest BCUT2D eigenvalue weighted by atomic mass is 10.1. The predicted octanol–water partition coefficient (Wildman–Crippen LogP) is 4.34. The lowest BCUT2D eigenvalue weighted by Gasteiger charge is -2.10. The highest BCUT2D eigenvalue weighted by Gasteiger charge is 2.17. The van der Waals surface area contributed by atoms with Gasteiger partial charge in [-0.15, -0.1) is 0 Å². The Morgan fingerprint density at radius 1 is 0.955 bits per heavy atom. The van der Waals surface area contributed by atoms with Crippen molar-refractivity contribution in [2.75, 3.05) is 0 Å². The lowest BCUT2D eigenvalue weighted by Crippen LogP contribution is -1.98. The Morgan fingerprint density at radius 2 is 1.77 bits per heavy atom. The Bertz CT molecular complexity index is 842. The maximum absolute atomic E-state index is 6.03. The summed E-state index contributed by atoms with van der Waals surface area (Å²) in [5.74, 6) is 1.52. The zero-order valence-electron chi connectivity index (χ0n) is 12.4. The Morgan fingerprint density at radius 3 is 2.68 bits per heavy atom. The van der Waals surface area contributed by atoms with Crippen molar-refractivity contribution < 1.29 is 4.74 Å². The Balaban J connectivity index is 1.80. The summed E-state index contributed by atoms with van der Waals surface area (Å²) in [6, 6.07) is 16.3. The van der Waals surface area contributed by atoms with Crippen LogP contribution >= 0.6 is 0 Å². The molecule has 1 aliphatic heterocycles. The van der Waals surface area contributed by atoms with Gasteiger partial charge in [0, 0.05) is 5.56 Å². The minimum atomic E-state index is 0.630. The van der Waals surface area contributed by atoms with Gasteiger partial charge in [-0.05, 0) is 37.0 Å². The quantitative estimate of drug-likeness (QED) is 0.668. The van der Waals surface area contributed by atoms with Gasteiger partial charge in [-0.3, -0.25) is 4.98 Å². The van der Waals surface area contributed by atoms with E-state index in [0.717, 1.165) is 35.5 Å². The van der Waals surface area contributed by atoms with Crippen LogP contribution < -0.4 is 4.74 Å². The maximum Gasteiger partial charge on any atom is 0.241 e. The molecule has 0 N–H and O–H groups in total. The van der Waals surface area contributed by atoms with Crippen LogP contribution in [0.2, 0.25) is 0 Å². The van der Waals surface area contributed by atoms with E-state index in [9.17, 15) is 0 Å². The molecule has 1 aromatic heterocycles. The predicted molar refractivity (Wildman–Crippen MR) is 86.1 cm³/mol. The number of ether oxygens (including phenoxy) is 1. The number of rotatable bonds is 1. The van der Waals surface area contributed by atoms with Crippen LogP contribution in [-0.2, 0) is 12.8 Å². The molecule has 0 radical (unpaired) electrons. The van der Waals surface area contributed by atoms with Gasteiger partial charge in [-0.25, -0.2) is 4.98 Å². The number of hydrogen-bond donors (Lipinski definition) is 0. The molecule has 0 unspecified atom stereocenters. The van der Waals surface area contributed by atoms with Crippen molar-refractivity contribution in [2.24, 2.45) is 0 Å². The molecule has 22 heavy (non-hydrogen) atoms. The minimum absolute atomic E-state index is 0.630. The third-order valence-corrected chi connectivity index (χ3v) is 4.04. The first-order chi connectivity index (χ1) is 10.8. The second-order valence-electron chi connectivity index (χ2n) is 5.53. The number of aromatic nitrogens is 2. The highest BCUT2D eigenvalue weighted by molar-refractivity contribution is 5.63. The van der Waals surface area contributed by atoms with Crippen molar-refractivity contribution in [3.05, 3.63) is 71.5 Å². The number of aryl methyl sites for hydroxylation is 3. The summed E-state index contributed by atoms with van der Waals surface area (Å²) in [4.78, 5) is 9.31. The normalized spacial score (nSPS) is 12.8. The number of fused-ring (bicyclic) bond motifs is 2. The SMILES string of the molecule is Cc1ccccc1-c1cnc2c(n1)Oc1ccccc1CC2. The molecule has 0 amide bonds. The van der Waals surface area contributed by atoms with Crippen molar-refractivity contribution in [2.45, 2.75) is 19.8 Å². The van der Waals surface area contributed by atoms with E-state index in [1.807, 2.05) is 36.5 Å². The monoisotopic (exact) mass is 288 g/mol. The van der Waals surface area contributed by atoms with Crippen molar-refractivity contribution in [3.8, 4) is 22.9 Å². The first kappa shape index (κ1) is 13.0. The summed E-state index contributed by atoms with van der Waals surface area (Å²) in [7, 11) is 0. The Labute approximate surface area is 129 Å². The first-order valence-electron chi connectivity index (χ1n) is 7.49. The summed E-state index contributed by atoms with van der Waals surface area (Å²) < 4.78 is 6.03. The van der Waals surface area contributed by atoms with Crippen molar-refractivity contribution in [1.82, 2.24) is 9.97 Å². The fraction of sp³-hybridized carbons (Fsp3) is 0.158. The molecule has 3 nitrogen and oxygen atoms in total. The van der Waals surface area contributed by atoms with Crippen LogP contribution in [0.25, 0.3) is 11.3 Å². The van der Waals surface area contributed by atoms with Crippen LogP contribution in [0.1, 0.15) is 16.8 Å². The zero-order valence-corrected chi connectivity index (χ0v) is 12.4. The number of nitrogens with zero attached hydrogens (tertiary/aromatic N) is 2. The molecule has 3 heteroatoms. The summed E-state index contributed by atoms with van der Waals surface area (Å²) >= 11 is 0. The lowest BCUT2D eigenvalue weighted by molar-refractivity contribution is 0.457. The molecule has 0 saturated heterocycles. The van der Waals surface area contributed by atoms with Crippen LogP contribution in [0, 0.1) is 6.92 Å². The fourth-order valence-corrected chi connectivity index (χ4v) is 2.81. The molecule has 1 aliphatic rings. The second-order valence-corrected chi connectivity index (χ2v) is 5.53. The summed E-state index contributed by atoms with van der Waals surface area (Å²) in [6.45, 7) is 2.08. The number of benzene rings is 2. The third-order valence-electron chi connectivity index (χ3n) is 4.04. The molecule has 2 heterocycles. The third kappa shape index (κ3) is 2.25. The standard InChI is InChI=1S/C19H16N2O/c1-13-6-2-4-8-15(13)17-12-20-16-11-10-14-7-3-5-9-18(14)22-19(16)21-17/h2-9,12H,10-11H2,1H3.